The second-order valence-corrected chi connectivity index (χ2v) is 6.26. The van der Waals surface area contributed by atoms with E-state index in [1.165, 1.54) is 27.9 Å². The Kier molecular flexibility index (Phi) is 4.27. The summed E-state index contributed by atoms with van der Waals surface area (Å²) in [5, 5.41) is 0. The molecule has 0 aliphatic carbocycles. The molecule has 0 N–H and O–H groups in total. The standard InChI is InChI=1S/C19H26N/c1-13(2)16(5)18-12-20(6)19(11-15(18)4)17-10-8-7-9-14(17)3/h7-13,16H,1-6H3/q+1. The van der Waals surface area contributed by atoms with E-state index < -0.39 is 0 Å². The highest BCUT2D eigenvalue weighted by Gasteiger charge is 2.20. The number of rotatable bonds is 3. The van der Waals surface area contributed by atoms with Gasteiger partial charge in [-0.1, -0.05) is 39.0 Å². The zero-order valence-corrected chi connectivity index (χ0v) is 13.6. The quantitative estimate of drug-likeness (QED) is 0.719. The Bertz CT molecular complexity index is 611. The Balaban J connectivity index is 2.54. The van der Waals surface area contributed by atoms with Gasteiger partial charge in [-0.15, -0.1) is 0 Å². The number of pyridine rings is 1. The van der Waals surface area contributed by atoms with Crippen molar-refractivity contribution >= 4 is 0 Å². The van der Waals surface area contributed by atoms with Crippen LogP contribution in [0.4, 0.5) is 0 Å². The first-order valence-electron chi connectivity index (χ1n) is 7.48. The van der Waals surface area contributed by atoms with Gasteiger partial charge in [0, 0.05) is 17.2 Å². The van der Waals surface area contributed by atoms with Crippen molar-refractivity contribution < 1.29 is 4.57 Å². The van der Waals surface area contributed by atoms with E-state index in [0.717, 1.165) is 0 Å². The van der Waals surface area contributed by atoms with Crippen LogP contribution in [-0.2, 0) is 7.05 Å². The fraction of sp³-hybridized carbons (Fsp3) is 0.421. The van der Waals surface area contributed by atoms with Crippen LogP contribution in [-0.4, -0.2) is 0 Å². The van der Waals surface area contributed by atoms with Crippen LogP contribution in [0, 0.1) is 19.8 Å². The van der Waals surface area contributed by atoms with Crippen LogP contribution in [0.1, 0.15) is 43.4 Å². The van der Waals surface area contributed by atoms with Crippen LogP contribution in [0.15, 0.2) is 36.5 Å². The van der Waals surface area contributed by atoms with Gasteiger partial charge in [0.2, 0.25) is 5.69 Å². The van der Waals surface area contributed by atoms with Crippen molar-refractivity contribution in [3.05, 3.63) is 53.2 Å². The molecule has 1 aromatic heterocycles. The molecule has 106 valence electrons. The molecule has 2 rings (SSSR count). The molecule has 1 heterocycles. The van der Waals surface area contributed by atoms with E-state index in [2.05, 4.69) is 82.8 Å². The zero-order chi connectivity index (χ0) is 14.9. The summed E-state index contributed by atoms with van der Waals surface area (Å²) in [7, 11) is 2.15. The van der Waals surface area contributed by atoms with Crippen LogP contribution in [0.2, 0.25) is 0 Å². The van der Waals surface area contributed by atoms with Gasteiger partial charge in [0.25, 0.3) is 0 Å². The third-order valence-electron chi connectivity index (χ3n) is 4.43. The SMILES string of the molecule is Cc1ccccc1-c1cc(C)c(C(C)C(C)C)c[n+]1C. The number of aryl methyl sites for hydroxylation is 3. The lowest BCUT2D eigenvalue weighted by atomic mass is 9.88. The van der Waals surface area contributed by atoms with Crippen molar-refractivity contribution in [2.75, 3.05) is 0 Å². The second kappa shape index (κ2) is 5.78. The summed E-state index contributed by atoms with van der Waals surface area (Å²) >= 11 is 0. The summed E-state index contributed by atoms with van der Waals surface area (Å²) in [5.74, 6) is 1.25. The topological polar surface area (TPSA) is 3.88 Å². The average molecular weight is 268 g/mol. The van der Waals surface area contributed by atoms with E-state index in [9.17, 15) is 0 Å². The Morgan fingerprint density at radius 2 is 1.60 bits per heavy atom. The van der Waals surface area contributed by atoms with E-state index in [0.29, 0.717) is 11.8 Å². The molecule has 0 aliphatic heterocycles. The van der Waals surface area contributed by atoms with Gasteiger partial charge in [-0.3, -0.25) is 0 Å². The molecule has 1 nitrogen and oxygen atoms in total. The summed E-state index contributed by atoms with van der Waals surface area (Å²) in [6.07, 6.45) is 2.31. The number of hydrogen-bond donors (Lipinski definition) is 0. The first kappa shape index (κ1) is 14.8. The molecular formula is C19H26N+. The maximum atomic E-state index is 2.33. The minimum Gasteiger partial charge on any atom is -0.201 e. The molecule has 0 aliphatic rings. The molecule has 20 heavy (non-hydrogen) atoms. The Hall–Kier alpha value is -1.63. The van der Waals surface area contributed by atoms with Gasteiger partial charge >= 0.3 is 0 Å². The number of nitrogens with zero attached hydrogens (tertiary/aromatic N) is 1. The number of aromatic nitrogens is 1. The van der Waals surface area contributed by atoms with Crippen LogP contribution < -0.4 is 4.57 Å². The molecule has 1 aromatic carbocycles. The predicted molar refractivity (Wildman–Crippen MR) is 85.8 cm³/mol. The molecular weight excluding hydrogens is 242 g/mol. The van der Waals surface area contributed by atoms with Gasteiger partial charge in [0.15, 0.2) is 6.20 Å². The monoisotopic (exact) mass is 268 g/mol. The van der Waals surface area contributed by atoms with Crippen LogP contribution in [0.3, 0.4) is 0 Å². The fourth-order valence-electron chi connectivity index (χ4n) is 2.73. The van der Waals surface area contributed by atoms with Gasteiger partial charge in [-0.2, -0.15) is 0 Å². The third-order valence-corrected chi connectivity index (χ3v) is 4.43. The number of benzene rings is 1. The maximum Gasteiger partial charge on any atom is 0.212 e. The molecule has 0 radical (unpaired) electrons. The fourth-order valence-corrected chi connectivity index (χ4v) is 2.73. The molecule has 1 atom stereocenters. The van der Waals surface area contributed by atoms with Crippen LogP contribution in [0.5, 0.6) is 0 Å². The van der Waals surface area contributed by atoms with Gasteiger partial charge in [-0.25, -0.2) is 4.57 Å². The smallest absolute Gasteiger partial charge is 0.201 e. The molecule has 0 spiro atoms. The molecule has 0 amide bonds. The minimum absolute atomic E-state index is 0.590. The largest absolute Gasteiger partial charge is 0.212 e. The summed E-state index contributed by atoms with van der Waals surface area (Å²) in [6, 6.07) is 10.9. The first-order valence-corrected chi connectivity index (χ1v) is 7.48. The van der Waals surface area contributed by atoms with Crippen molar-refractivity contribution in [3.63, 3.8) is 0 Å². The molecule has 0 saturated carbocycles. The highest BCUT2D eigenvalue weighted by molar-refractivity contribution is 5.61. The van der Waals surface area contributed by atoms with E-state index in [1.54, 1.807) is 0 Å². The highest BCUT2D eigenvalue weighted by atomic mass is 14.9. The molecule has 0 saturated heterocycles. The predicted octanol–water partition coefficient (Wildman–Crippen LogP) is 4.55. The van der Waals surface area contributed by atoms with Crippen molar-refractivity contribution in [1.29, 1.82) is 0 Å². The lowest BCUT2D eigenvalue weighted by Gasteiger charge is -2.17. The van der Waals surface area contributed by atoms with E-state index in [4.69, 9.17) is 0 Å². The van der Waals surface area contributed by atoms with Crippen molar-refractivity contribution in [2.45, 2.75) is 40.5 Å². The van der Waals surface area contributed by atoms with Gasteiger partial charge in [0.05, 0.1) is 0 Å². The van der Waals surface area contributed by atoms with E-state index in [-0.39, 0.29) is 0 Å². The van der Waals surface area contributed by atoms with Gasteiger partial charge in [-0.05, 0) is 42.9 Å². The molecule has 2 aromatic rings. The molecule has 0 fully saturated rings. The zero-order valence-electron chi connectivity index (χ0n) is 13.6. The van der Waals surface area contributed by atoms with Crippen LogP contribution >= 0.6 is 0 Å². The Labute approximate surface area is 123 Å². The lowest BCUT2D eigenvalue weighted by molar-refractivity contribution is -0.661. The normalized spacial score (nSPS) is 12.8. The van der Waals surface area contributed by atoms with Crippen molar-refractivity contribution in [1.82, 2.24) is 0 Å². The van der Waals surface area contributed by atoms with Crippen molar-refractivity contribution in [3.8, 4) is 11.3 Å². The second-order valence-electron chi connectivity index (χ2n) is 6.26. The van der Waals surface area contributed by atoms with E-state index in [1.807, 2.05) is 0 Å². The average Bonchev–Trinajstić information content (AvgIpc) is 2.41. The summed E-state index contributed by atoms with van der Waals surface area (Å²) < 4.78 is 2.27. The Morgan fingerprint density at radius 1 is 0.950 bits per heavy atom. The maximum absolute atomic E-state index is 2.33. The number of hydrogen-bond acceptors (Lipinski definition) is 0. The highest BCUT2D eigenvalue weighted by Crippen LogP contribution is 2.28. The lowest BCUT2D eigenvalue weighted by Crippen LogP contribution is -2.32. The molecule has 1 heteroatoms. The van der Waals surface area contributed by atoms with Crippen molar-refractivity contribution in [2.24, 2.45) is 13.0 Å². The summed E-state index contributed by atoms with van der Waals surface area (Å²) in [6.45, 7) is 11.3. The third kappa shape index (κ3) is 2.77. The molecule has 0 bridgehead atoms. The van der Waals surface area contributed by atoms with Gasteiger partial charge in [0.1, 0.15) is 7.05 Å². The summed E-state index contributed by atoms with van der Waals surface area (Å²) in [4.78, 5) is 0. The molecule has 1 unspecified atom stereocenters. The van der Waals surface area contributed by atoms with Gasteiger partial charge < -0.3 is 0 Å². The Morgan fingerprint density at radius 3 is 2.20 bits per heavy atom. The minimum atomic E-state index is 0.590. The van der Waals surface area contributed by atoms with Crippen LogP contribution in [0.25, 0.3) is 11.3 Å². The van der Waals surface area contributed by atoms with E-state index >= 15 is 0 Å². The first-order chi connectivity index (χ1) is 9.41. The summed E-state index contributed by atoms with van der Waals surface area (Å²) in [5.41, 5.74) is 6.79.